The number of hydrogen-bond donors (Lipinski definition) is 0. The van der Waals surface area contributed by atoms with Gasteiger partial charge < -0.3 is 13.7 Å². The van der Waals surface area contributed by atoms with Gasteiger partial charge in [0.1, 0.15) is 22.3 Å². The molecule has 2 heterocycles. The summed E-state index contributed by atoms with van der Waals surface area (Å²) in [5.74, 6) is 0. The van der Waals surface area contributed by atoms with E-state index in [0.29, 0.717) is 0 Å². The molecule has 0 aliphatic rings. The minimum atomic E-state index is 0.865. The number of hydrogen-bond acceptors (Lipinski definition) is 3. The smallest absolute Gasteiger partial charge is 0.137 e. The van der Waals surface area contributed by atoms with E-state index in [1.165, 1.54) is 32.7 Å². The Kier molecular flexibility index (Phi) is 6.55. The van der Waals surface area contributed by atoms with E-state index in [1.54, 1.807) is 0 Å². The Morgan fingerprint density at radius 1 is 0.283 bits per heavy atom. The van der Waals surface area contributed by atoms with Crippen LogP contribution < -0.4 is 4.90 Å². The molecule has 0 amide bonds. The maximum absolute atomic E-state index is 6.53. The summed E-state index contributed by atoms with van der Waals surface area (Å²) in [6, 6.07) is 66.9. The van der Waals surface area contributed by atoms with E-state index in [0.717, 1.165) is 72.1 Å². The average Bonchev–Trinajstić information content (AvgIpc) is 3.78. The number of benzene rings is 9. The number of fused-ring (bicyclic) bond motifs is 9. The van der Waals surface area contributed by atoms with Gasteiger partial charge in [0.2, 0.25) is 0 Å². The quantitative estimate of drug-likeness (QED) is 0.182. The maximum atomic E-state index is 6.53. The molecule has 0 radical (unpaired) electrons. The Labute approximate surface area is 305 Å². The summed E-state index contributed by atoms with van der Waals surface area (Å²) in [5, 5.41) is 9.32. The standard InChI is InChI=1S/C50H31NO2/c1-2-8-32(9-3-1)33-16-21-39(22-17-33)51(41-25-26-42-45-29-36-10-4-5-11-37(36)30-48(45)53-49(42)31-41)40-23-18-34(19-24-40)38-15-14-35-20-27-47-50(44(35)28-38)43-12-6-7-13-46(43)52-47/h1-31H. The van der Waals surface area contributed by atoms with Crippen molar-refractivity contribution in [3.63, 3.8) is 0 Å². The van der Waals surface area contributed by atoms with Crippen LogP contribution in [0.15, 0.2) is 197 Å². The second-order valence-electron chi connectivity index (χ2n) is 13.7. The second kappa shape index (κ2) is 11.7. The fourth-order valence-electron chi connectivity index (χ4n) is 8.00. The first kappa shape index (κ1) is 29.6. The van der Waals surface area contributed by atoms with Crippen LogP contribution in [0.25, 0.3) is 87.7 Å². The fourth-order valence-corrected chi connectivity index (χ4v) is 8.00. The summed E-state index contributed by atoms with van der Waals surface area (Å²) >= 11 is 0. The molecular weight excluding hydrogens is 647 g/mol. The Balaban J connectivity index is 1.03. The van der Waals surface area contributed by atoms with Crippen LogP contribution in [0.1, 0.15) is 0 Å². The molecule has 9 aromatic carbocycles. The summed E-state index contributed by atoms with van der Waals surface area (Å²) in [6.07, 6.45) is 0. The van der Waals surface area contributed by atoms with Crippen molar-refractivity contribution in [2.75, 3.05) is 4.90 Å². The normalized spacial score (nSPS) is 11.8. The summed E-state index contributed by atoms with van der Waals surface area (Å²) in [7, 11) is 0. The van der Waals surface area contributed by atoms with Crippen molar-refractivity contribution in [1.82, 2.24) is 0 Å². The highest BCUT2D eigenvalue weighted by Gasteiger charge is 2.17. The fraction of sp³-hybridized carbons (Fsp3) is 0. The van der Waals surface area contributed by atoms with Crippen LogP contribution in [0.2, 0.25) is 0 Å². The summed E-state index contributed by atoms with van der Waals surface area (Å²) in [6.45, 7) is 0. The Morgan fingerprint density at radius 2 is 0.868 bits per heavy atom. The molecule has 0 spiro atoms. The first-order valence-electron chi connectivity index (χ1n) is 18.0. The van der Waals surface area contributed by atoms with Crippen molar-refractivity contribution in [2.45, 2.75) is 0 Å². The molecule has 0 bridgehead atoms. The molecule has 0 aliphatic carbocycles. The minimum absolute atomic E-state index is 0.865. The van der Waals surface area contributed by atoms with Crippen molar-refractivity contribution >= 4 is 82.5 Å². The lowest BCUT2D eigenvalue weighted by Gasteiger charge is -2.26. The molecule has 0 aliphatic heterocycles. The van der Waals surface area contributed by atoms with E-state index >= 15 is 0 Å². The van der Waals surface area contributed by atoms with Gasteiger partial charge in [-0.15, -0.1) is 0 Å². The molecule has 248 valence electrons. The molecule has 0 saturated heterocycles. The van der Waals surface area contributed by atoms with Crippen molar-refractivity contribution in [2.24, 2.45) is 0 Å². The second-order valence-corrected chi connectivity index (χ2v) is 13.7. The molecular formula is C50H31NO2. The molecule has 11 rings (SSSR count). The van der Waals surface area contributed by atoms with Gasteiger partial charge in [-0.05, 0) is 111 Å². The lowest BCUT2D eigenvalue weighted by Crippen LogP contribution is -2.09. The van der Waals surface area contributed by atoms with Gasteiger partial charge in [-0.2, -0.15) is 0 Å². The predicted octanol–water partition coefficient (Wildman–Crippen LogP) is 14.6. The SMILES string of the molecule is c1ccc(-c2ccc(N(c3ccc(-c4ccc5ccc6oc7ccccc7c6c5c4)cc3)c3ccc4c(c3)oc3cc5ccccc5cc34)cc2)cc1. The zero-order valence-electron chi connectivity index (χ0n) is 28.7. The minimum Gasteiger partial charge on any atom is -0.456 e. The molecule has 0 atom stereocenters. The highest BCUT2D eigenvalue weighted by Crippen LogP contribution is 2.41. The summed E-state index contributed by atoms with van der Waals surface area (Å²) in [4.78, 5) is 2.31. The number of para-hydroxylation sites is 1. The van der Waals surface area contributed by atoms with Crippen molar-refractivity contribution < 1.29 is 8.83 Å². The largest absolute Gasteiger partial charge is 0.456 e. The molecule has 3 nitrogen and oxygen atoms in total. The van der Waals surface area contributed by atoms with E-state index < -0.39 is 0 Å². The highest BCUT2D eigenvalue weighted by atomic mass is 16.3. The van der Waals surface area contributed by atoms with E-state index in [1.807, 2.05) is 12.1 Å². The van der Waals surface area contributed by atoms with Gasteiger partial charge in [0, 0.05) is 44.7 Å². The van der Waals surface area contributed by atoms with Crippen LogP contribution >= 0.6 is 0 Å². The maximum Gasteiger partial charge on any atom is 0.137 e. The molecule has 0 unspecified atom stereocenters. The van der Waals surface area contributed by atoms with Crippen LogP contribution in [0, 0.1) is 0 Å². The predicted molar refractivity (Wildman–Crippen MR) is 222 cm³/mol. The van der Waals surface area contributed by atoms with E-state index in [9.17, 15) is 0 Å². The van der Waals surface area contributed by atoms with Crippen LogP contribution in [0.3, 0.4) is 0 Å². The number of rotatable bonds is 5. The molecule has 11 aromatic rings. The number of nitrogens with zero attached hydrogens (tertiary/aromatic N) is 1. The molecule has 0 fully saturated rings. The van der Waals surface area contributed by atoms with Crippen molar-refractivity contribution in [3.8, 4) is 22.3 Å². The van der Waals surface area contributed by atoms with Crippen LogP contribution in [0.4, 0.5) is 17.1 Å². The lowest BCUT2D eigenvalue weighted by atomic mass is 9.98. The van der Waals surface area contributed by atoms with Crippen molar-refractivity contribution in [3.05, 3.63) is 188 Å². The molecule has 0 saturated carbocycles. The summed E-state index contributed by atoms with van der Waals surface area (Å²) in [5.41, 5.74) is 11.4. The van der Waals surface area contributed by atoms with Gasteiger partial charge >= 0.3 is 0 Å². The molecule has 3 heteroatoms. The Hall–Kier alpha value is -7.10. The lowest BCUT2D eigenvalue weighted by molar-refractivity contribution is 0.669. The van der Waals surface area contributed by atoms with Crippen LogP contribution in [-0.2, 0) is 0 Å². The van der Waals surface area contributed by atoms with Gasteiger partial charge in [0.25, 0.3) is 0 Å². The molecule has 2 aromatic heterocycles. The van der Waals surface area contributed by atoms with Gasteiger partial charge in [-0.3, -0.25) is 0 Å². The van der Waals surface area contributed by atoms with Gasteiger partial charge in [-0.1, -0.05) is 115 Å². The van der Waals surface area contributed by atoms with Gasteiger partial charge in [0.05, 0.1) is 0 Å². The Bertz CT molecular complexity index is 3150. The monoisotopic (exact) mass is 677 g/mol. The third-order valence-electron chi connectivity index (χ3n) is 10.6. The zero-order valence-corrected chi connectivity index (χ0v) is 28.7. The average molecular weight is 678 g/mol. The van der Waals surface area contributed by atoms with E-state index in [4.69, 9.17) is 8.83 Å². The molecule has 0 N–H and O–H groups in total. The first-order valence-corrected chi connectivity index (χ1v) is 18.0. The molecule has 53 heavy (non-hydrogen) atoms. The highest BCUT2D eigenvalue weighted by molar-refractivity contribution is 6.19. The number of anilines is 3. The van der Waals surface area contributed by atoms with Gasteiger partial charge in [0.15, 0.2) is 0 Å². The third-order valence-corrected chi connectivity index (χ3v) is 10.6. The third kappa shape index (κ3) is 4.90. The number of furan rings is 2. The summed E-state index contributed by atoms with van der Waals surface area (Å²) < 4.78 is 12.7. The van der Waals surface area contributed by atoms with Gasteiger partial charge in [-0.25, -0.2) is 0 Å². The van der Waals surface area contributed by atoms with E-state index in [2.05, 4.69) is 181 Å². The van der Waals surface area contributed by atoms with Crippen LogP contribution in [0.5, 0.6) is 0 Å². The van der Waals surface area contributed by atoms with Crippen LogP contribution in [-0.4, -0.2) is 0 Å². The van der Waals surface area contributed by atoms with Crippen molar-refractivity contribution in [1.29, 1.82) is 0 Å². The topological polar surface area (TPSA) is 29.5 Å². The zero-order chi connectivity index (χ0) is 34.9. The van der Waals surface area contributed by atoms with E-state index in [-0.39, 0.29) is 0 Å². The Morgan fingerprint density at radius 3 is 1.66 bits per heavy atom. The first-order chi connectivity index (χ1) is 26.2.